The van der Waals surface area contributed by atoms with Gasteiger partial charge in [-0.1, -0.05) is 18.2 Å². The number of nitrogens with one attached hydrogen (secondary N) is 2. The summed E-state index contributed by atoms with van der Waals surface area (Å²) in [6, 6.07) is 6.83. The van der Waals surface area contributed by atoms with Gasteiger partial charge < -0.3 is 35.7 Å². The van der Waals surface area contributed by atoms with Crippen LogP contribution >= 0.6 is 0 Å². The van der Waals surface area contributed by atoms with E-state index >= 15 is 0 Å². The zero-order chi connectivity index (χ0) is 25.7. The Hall–Kier alpha value is -3.79. The topological polar surface area (TPSA) is 149 Å². The highest BCUT2D eigenvalue weighted by atomic mass is 16.5. The van der Waals surface area contributed by atoms with Crippen molar-refractivity contribution in [1.29, 1.82) is 0 Å². The van der Waals surface area contributed by atoms with E-state index in [-0.39, 0.29) is 25.0 Å². The Morgan fingerprint density at radius 1 is 1.11 bits per heavy atom. The van der Waals surface area contributed by atoms with Crippen LogP contribution in [0.4, 0.5) is 0 Å². The lowest BCUT2D eigenvalue weighted by molar-refractivity contribution is -0.138. The molecular formula is C25H31N3O7. The first kappa shape index (κ1) is 25.8. The van der Waals surface area contributed by atoms with Crippen molar-refractivity contribution in [3.05, 3.63) is 41.0 Å². The van der Waals surface area contributed by atoms with E-state index in [1.54, 1.807) is 26.4 Å². The minimum Gasteiger partial charge on any atom is -0.493 e. The number of carbonyl (C=O) groups is 3. The number of benzene rings is 2. The first-order chi connectivity index (χ1) is 16.7. The molecule has 0 spiro atoms. The van der Waals surface area contributed by atoms with Gasteiger partial charge in [0.25, 0.3) is 0 Å². The van der Waals surface area contributed by atoms with Crippen LogP contribution < -0.4 is 30.6 Å². The normalized spacial score (nSPS) is 15.1. The summed E-state index contributed by atoms with van der Waals surface area (Å²) in [7, 11) is 4.62. The maximum atomic E-state index is 12.0. The standard InChI is InChI=1S/C25H31N3O7/c1-13(29)28-19-8-6-15-10-20(33-2)23(34-3)24(35-4)22(15)16-7-5-14(9-17(16)19)18(25(31)32)12-27-21(30)11-26/h5,7,9-10,18-19H,6,8,11-12,26H2,1-4H3,(H,27,30)(H,28,29)(H,31,32)/t18?,19-/m0/s1. The van der Waals surface area contributed by atoms with E-state index in [1.807, 2.05) is 12.1 Å². The molecule has 0 saturated heterocycles. The molecule has 35 heavy (non-hydrogen) atoms. The molecule has 1 aliphatic carbocycles. The Balaban J connectivity index is 2.22. The number of carboxylic acids is 1. The molecule has 0 bridgehead atoms. The lowest BCUT2D eigenvalue weighted by Crippen LogP contribution is -2.35. The highest BCUT2D eigenvalue weighted by molar-refractivity contribution is 5.85. The molecule has 0 fully saturated rings. The van der Waals surface area contributed by atoms with Gasteiger partial charge in [0.2, 0.25) is 17.6 Å². The van der Waals surface area contributed by atoms with Gasteiger partial charge >= 0.3 is 5.97 Å². The van der Waals surface area contributed by atoms with Crippen molar-refractivity contribution >= 4 is 17.8 Å². The number of fused-ring (bicyclic) bond motifs is 3. The largest absolute Gasteiger partial charge is 0.493 e. The van der Waals surface area contributed by atoms with Crippen LogP contribution in [0.15, 0.2) is 24.3 Å². The molecule has 5 N–H and O–H groups in total. The summed E-state index contributed by atoms with van der Waals surface area (Å²) in [5, 5.41) is 15.4. The number of hydrogen-bond acceptors (Lipinski definition) is 7. The minimum absolute atomic E-state index is 0.111. The molecule has 188 valence electrons. The zero-order valence-electron chi connectivity index (χ0n) is 20.3. The van der Waals surface area contributed by atoms with Crippen molar-refractivity contribution in [2.75, 3.05) is 34.4 Å². The van der Waals surface area contributed by atoms with E-state index in [1.165, 1.54) is 14.0 Å². The average Bonchev–Trinajstić information content (AvgIpc) is 2.98. The van der Waals surface area contributed by atoms with Gasteiger partial charge in [-0.3, -0.25) is 14.4 Å². The monoisotopic (exact) mass is 485 g/mol. The second-order valence-electron chi connectivity index (χ2n) is 8.22. The number of ether oxygens (including phenoxy) is 3. The number of rotatable bonds is 9. The van der Waals surface area contributed by atoms with Crippen LogP contribution in [0.25, 0.3) is 11.1 Å². The van der Waals surface area contributed by atoms with Crippen molar-refractivity contribution in [3.8, 4) is 28.4 Å². The fourth-order valence-electron chi connectivity index (χ4n) is 4.50. The summed E-state index contributed by atoms with van der Waals surface area (Å²) in [4.78, 5) is 35.7. The Bertz CT molecular complexity index is 1130. The van der Waals surface area contributed by atoms with Crippen molar-refractivity contribution in [2.45, 2.75) is 31.7 Å². The number of carboxylic acid groups (broad SMARTS) is 1. The molecule has 1 aliphatic rings. The van der Waals surface area contributed by atoms with Crippen molar-refractivity contribution < 1.29 is 33.7 Å². The number of carbonyl (C=O) groups excluding carboxylic acids is 2. The summed E-state index contributed by atoms with van der Waals surface area (Å²) >= 11 is 0. The van der Waals surface area contributed by atoms with Crippen LogP contribution in [0, 0.1) is 0 Å². The van der Waals surface area contributed by atoms with Gasteiger partial charge in [-0.2, -0.15) is 0 Å². The highest BCUT2D eigenvalue weighted by Gasteiger charge is 2.31. The van der Waals surface area contributed by atoms with Gasteiger partial charge in [0, 0.05) is 19.0 Å². The third-order valence-corrected chi connectivity index (χ3v) is 6.10. The number of aryl methyl sites for hydroxylation is 1. The van der Waals surface area contributed by atoms with Gasteiger partial charge in [-0.25, -0.2) is 0 Å². The Morgan fingerprint density at radius 2 is 1.83 bits per heavy atom. The van der Waals surface area contributed by atoms with Crippen LogP contribution in [0.2, 0.25) is 0 Å². The second-order valence-corrected chi connectivity index (χ2v) is 8.22. The van der Waals surface area contributed by atoms with Gasteiger partial charge in [-0.15, -0.1) is 0 Å². The van der Waals surface area contributed by atoms with Crippen LogP contribution in [0.3, 0.4) is 0 Å². The number of methoxy groups -OCH3 is 3. The number of nitrogens with two attached hydrogens (primary N) is 1. The van der Waals surface area contributed by atoms with Crippen LogP contribution in [0.1, 0.15) is 42.0 Å². The summed E-state index contributed by atoms with van der Waals surface area (Å²) < 4.78 is 16.8. The van der Waals surface area contributed by atoms with Crippen molar-refractivity contribution in [2.24, 2.45) is 5.73 Å². The summed E-state index contributed by atoms with van der Waals surface area (Å²) in [6.07, 6.45) is 1.18. The van der Waals surface area contributed by atoms with Crippen LogP contribution in [0.5, 0.6) is 17.2 Å². The molecule has 10 nitrogen and oxygen atoms in total. The zero-order valence-corrected chi connectivity index (χ0v) is 20.3. The smallest absolute Gasteiger partial charge is 0.312 e. The molecule has 10 heteroatoms. The SMILES string of the molecule is COc1cc2c(c(OC)c1OC)-c1ccc(C(CNC(=O)CN)C(=O)O)cc1[C@@H](NC(C)=O)CC2. The summed E-state index contributed by atoms with van der Waals surface area (Å²) in [5.74, 6) is -1.27. The van der Waals surface area contributed by atoms with Gasteiger partial charge in [0.15, 0.2) is 11.5 Å². The molecule has 2 amide bonds. The van der Waals surface area contributed by atoms with E-state index in [4.69, 9.17) is 19.9 Å². The number of hydrogen-bond donors (Lipinski definition) is 4. The Kier molecular flexibility index (Phi) is 8.18. The van der Waals surface area contributed by atoms with E-state index in [9.17, 15) is 19.5 Å². The molecule has 3 rings (SSSR count). The number of aliphatic carboxylic acids is 1. The number of amides is 2. The molecule has 2 aromatic carbocycles. The van der Waals surface area contributed by atoms with E-state index in [0.717, 1.165) is 22.3 Å². The van der Waals surface area contributed by atoms with E-state index < -0.39 is 17.8 Å². The first-order valence-electron chi connectivity index (χ1n) is 11.2. The predicted molar refractivity (Wildman–Crippen MR) is 129 cm³/mol. The van der Waals surface area contributed by atoms with Crippen molar-refractivity contribution in [3.63, 3.8) is 0 Å². The lowest BCUT2D eigenvalue weighted by Gasteiger charge is -2.23. The maximum Gasteiger partial charge on any atom is 0.312 e. The Labute approximate surface area is 203 Å². The fourth-order valence-corrected chi connectivity index (χ4v) is 4.50. The van der Waals surface area contributed by atoms with Gasteiger partial charge in [-0.05, 0) is 41.2 Å². The summed E-state index contributed by atoms with van der Waals surface area (Å²) in [6.45, 7) is 1.10. The predicted octanol–water partition coefficient (Wildman–Crippen LogP) is 1.75. The van der Waals surface area contributed by atoms with Gasteiger partial charge in [0.1, 0.15) is 0 Å². The molecule has 2 aromatic rings. The van der Waals surface area contributed by atoms with E-state index in [0.29, 0.717) is 35.7 Å². The van der Waals surface area contributed by atoms with Crippen LogP contribution in [-0.4, -0.2) is 57.3 Å². The van der Waals surface area contributed by atoms with E-state index in [2.05, 4.69) is 10.6 Å². The lowest BCUT2D eigenvalue weighted by atomic mass is 9.88. The average molecular weight is 486 g/mol. The molecule has 0 heterocycles. The van der Waals surface area contributed by atoms with Gasteiger partial charge in [0.05, 0.1) is 39.8 Å². The van der Waals surface area contributed by atoms with Crippen molar-refractivity contribution in [1.82, 2.24) is 10.6 Å². The third-order valence-electron chi connectivity index (χ3n) is 6.10. The molecule has 0 aromatic heterocycles. The molecule has 0 aliphatic heterocycles. The second kappa shape index (κ2) is 11.1. The minimum atomic E-state index is -1.09. The first-order valence-corrected chi connectivity index (χ1v) is 11.2. The highest BCUT2D eigenvalue weighted by Crippen LogP contribution is 2.50. The fraction of sp³-hybridized carbons (Fsp3) is 0.400. The molecule has 1 unspecified atom stereocenters. The van der Waals surface area contributed by atoms with Crippen LogP contribution in [-0.2, 0) is 20.8 Å². The molecule has 0 saturated carbocycles. The molecular weight excluding hydrogens is 454 g/mol. The molecule has 0 radical (unpaired) electrons. The summed E-state index contributed by atoms with van der Waals surface area (Å²) in [5.41, 5.74) is 9.10. The molecule has 2 atom stereocenters. The quantitative estimate of drug-likeness (QED) is 0.420. The Morgan fingerprint density at radius 3 is 2.40 bits per heavy atom. The third kappa shape index (κ3) is 5.32. The maximum absolute atomic E-state index is 12.0.